The first-order valence-electron chi connectivity index (χ1n) is 10.8. The second-order valence-electron chi connectivity index (χ2n) is 7.86. The highest BCUT2D eigenvalue weighted by molar-refractivity contribution is 5.75. The van der Waals surface area contributed by atoms with Crippen LogP contribution >= 0.6 is 0 Å². The topological polar surface area (TPSA) is 83.3 Å². The molecule has 0 aliphatic carbocycles. The number of nitrogens with zero attached hydrogens (tertiary/aromatic N) is 4. The molecule has 1 aliphatic heterocycles. The molecule has 0 atom stereocenters. The average molecular weight is 408 g/mol. The first kappa shape index (κ1) is 20.3. The SMILES string of the molecule is CCn1c(=O)ccc2cnc(Nc3ccc(N4CCC(CCCO)CC4)cc3)nc21. The molecule has 1 aliphatic rings. The highest BCUT2D eigenvalue weighted by atomic mass is 16.2. The molecule has 30 heavy (non-hydrogen) atoms. The number of hydrogen-bond acceptors (Lipinski definition) is 6. The van der Waals surface area contributed by atoms with Crippen molar-refractivity contribution in [3.8, 4) is 0 Å². The Morgan fingerprint density at radius 3 is 2.60 bits per heavy atom. The minimum Gasteiger partial charge on any atom is -0.396 e. The number of aryl methyl sites for hydroxylation is 1. The van der Waals surface area contributed by atoms with Gasteiger partial charge < -0.3 is 15.3 Å². The molecule has 2 aromatic heterocycles. The number of pyridine rings is 1. The number of aliphatic hydroxyl groups is 1. The number of nitrogens with one attached hydrogen (secondary N) is 1. The molecule has 3 heterocycles. The van der Waals surface area contributed by atoms with E-state index in [1.807, 2.05) is 19.1 Å². The molecule has 7 nitrogen and oxygen atoms in total. The number of hydrogen-bond donors (Lipinski definition) is 2. The van der Waals surface area contributed by atoms with E-state index in [0.29, 0.717) is 24.7 Å². The van der Waals surface area contributed by atoms with Gasteiger partial charge in [0.25, 0.3) is 5.56 Å². The van der Waals surface area contributed by atoms with Crippen molar-refractivity contribution in [3.05, 3.63) is 52.9 Å². The van der Waals surface area contributed by atoms with Crippen LogP contribution in [0.2, 0.25) is 0 Å². The Bertz CT molecular complexity index is 1040. The predicted octanol–water partition coefficient (Wildman–Crippen LogP) is 3.54. The third kappa shape index (κ3) is 4.46. The van der Waals surface area contributed by atoms with Crippen molar-refractivity contribution in [2.45, 2.75) is 39.2 Å². The molecule has 1 fully saturated rings. The Morgan fingerprint density at radius 1 is 1.13 bits per heavy atom. The fourth-order valence-electron chi connectivity index (χ4n) is 4.18. The predicted molar refractivity (Wildman–Crippen MR) is 120 cm³/mol. The third-order valence-corrected chi connectivity index (χ3v) is 5.91. The lowest BCUT2D eigenvalue weighted by Crippen LogP contribution is -2.33. The summed E-state index contributed by atoms with van der Waals surface area (Å²) >= 11 is 0. The molecule has 0 bridgehead atoms. The largest absolute Gasteiger partial charge is 0.396 e. The number of rotatable bonds is 7. The van der Waals surface area contributed by atoms with E-state index in [0.717, 1.165) is 42.9 Å². The van der Waals surface area contributed by atoms with Gasteiger partial charge in [0.2, 0.25) is 5.95 Å². The summed E-state index contributed by atoms with van der Waals surface area (Å²) in [6.07, 6.45) is 6.15. The molecule has 0 amide bonds. The first-order chi connectivity index (χ1) is 14.7. The maximum atomic E-state index is 12.1. The second kappa shape index (κ2) is 9.26. The molecule has 0 spiro atoms. The zero-order valence-electron chi connectivity index (χ0n) is 17.4. The summed E-state index contributed by atoms with van der Waals surface area (Å²) in [5.74, 6) is 1.22. The third-order valence-electron chi connectivity index (χ3n) is 5.91. The summed E-state index contributed by atoms with van der Waals surface area (Å²) in [6, 6.07) is 11.6. The smallest absolute Gasteiger partial charge is 0.252 e. The Hall–Kier alpha value is -2.93. The minimum atomic E-state index is -0.0564. The number of aromatic nitrogens is 3. The van der Waals surface area contributed by atoms with Crippen LogP contribution in [0, 0.1) is 5.92 Å². The summed E-state index contributed by atoms with van der Waals surface area (Å²) in [4.78, 5) is 23.4. The molecule has 1 aromatic carbocycles. The molecule has 0 unspecified atom stereocenters. The fraction of sp³-hybridized carbons (Fsp3) is 0.435. The maximum absolute atomic E-state index is 12.1. The van der Waals surface area contributed by atoms with Crippen LogP contribution in [-0.2, 0) is 6.54 Å². The zero-order valence-corrected chi connectivity index (χ0v) is 17.4. The van der Waals surface area contributed by atoms with Gasteiger partial charge in [-0.1, -0.05) is 0 Å². The van der Waals surface area contributed by atoms with E-state index in [2.05, 4.69) is 32.3 Å². The lowest BCUT2D eigenvalue weighted by molar-refractivity contribution is 0.261. The van der Waals surface area contributed by atoms with Gasteiger partial charge in [0.1, 0.15) is 5.65 Å². The summed E-state index contributed by atoms with van der Waals surface area (Å²) in [5.41, 5.74) is 2.72. The molecule has 2 N–H and O–H groups in total. The zero-order chi connectivity index (χ0) is 20.9. The van der Waals surface area contributed by atoms with E-state index in [4.69, 9.17) is 5.11 Å². The van der Waals surface area contributed by atoms with Gasteiger partial charge >= 0.3 is 0 Å². The normalized spacial score (nSPS) is 14.9. The Balaban J connectivity index is 1.43. The van der Waals surface area contributed by atoms with Crippen LogP contribution in [0.1, 0.15) is 32.6 Å². The van der Waals surface area contributed by atoms with Crippen molar-refractivity contribution in [1.82, 2.24) is 14.5 Å². The maximum Gasteiger partial charge on any atom is 0.252 e. The van der Waals surface area contributed by atoms with Crippen LogP contribution in [0.4, 0.5) is 17.3 Å². The molecule has 0 saturated carbocycles. The van der Waals surface area contributed by atoms with Crippen LogP contribution in [0.3, 0.4) is 0 Å². The number of aliphatic hydroxyl groups excluding tert-OH is 1. The van der Waals surface area contributed by atoms with E-state index in [9.17, 15) is 4.79 Å². The van der Waals surface area contributed by atoms with Crippen LogP contribution in [-0.4, -0.2) is 39.3 Å². The van der Waals surface area contributed by atoms with Gasteiger partial charge in [-0.2, -0.15) is 4.98 Å². The van der Waals surface area contributed by atoms with Crippen molar-refractivity contribution in [2.24, 2.45) is 5.92 Å². The van der Waals surface area contributed by atoms with Crippen LogP contribution in [0.15, 0.2) is 47.4 Å². The van der Waals surface area contributed by atoms with E-state index in [-0.39, 0.29) is 5.56 Å². The van der Waals surface area contributed by atoms with Gasteiger partial charge in [-0.15, -0.1) is 0 Å². The van der Waals surface area contributed by atoms with Crippen molar-refractivity contribution < 1.29 is 5.11 Å². The molecule has 1 saturated heterocycles. The second-order valence-corrected chi connectivity index (χ2v) is 7.86. The van der Waals surface area contributed by atoms with Crippen molar-refractivity contribution >= 4 is 28.4 Å². The van der Waals surface area contributed by atoms with Crippen molar-refractivity contribution in [1.29, 1.82) is 0 Å². The van der Waals surface area contributed by atoms with Gasteiger partial charge in [-0.25, -0.2) is 4.98 Å². The molecule has 158 valence electrons. The highest BCUT2D eigenvalue weighted by Crippen LogP contribution is 2.27. The average Bonchev–Trinajstić information content (AvgIpc) is 2.78. The summed E-state index contributed by atoms with van der Waals surface area (Å²) in [5, 5.41) is 13.1. The molecular weight excluding hydrogens is 378 g/mol. The molecule has 0 radical (unpaired) electrons. The summed E-state index contributed by atoms with van der Waals surface area (Å²) in [7, 11) is 0. The number of benzene rings is 1. The van der Waals surface area contributed by atoms with Gasteiger partial charge in [-0.3, -0.25) is 9.36 Å². The van der Waals surface area contributed by atoms with Crippen LogP contribution < -0.4 is 15.8 Å². The standard InChI is InChI=1S/C23H29N5O2/c1-2-28-21(30)10-5-18-16-24-23(26-22(18)28)25-19-6-8-20(9-7-19)27-13-11-17(12-14-27)4-3-15-29/h5-10,16-17,29H,2-4,11-15H2,1H3,(H,24,25,26). The van der Waals surface area contributed by atoms with Gasteiger partial charge in [0.15, 0.2) is 0 Å². The van der Waals surface area contributed by atoms with E-state index < -0.39 is 0 Å². The Kier molecular flexibility index (Phi) is 6.28. The molecule has 3 aromatic rings. The van der Waals surface area contributed by atoms with Crippen molar-refractivity contribution in [3.63, 3.8) is 0 Å². The van der Waals surface area contributed by atoms with Gasteiger partial charge in [-0.05, 0) is 68.9 Å². The number of fused-ring (bicyclic) bond motifs is 1. The van der Waals surface area contributed by atoms with E-state index >= 15 is 0 Å². The summed E-state index contributed by atoms with van der Waals surface area (Å²) < 4.78 is 1.65. The Labute approximate surface area is 176 Å². The Morgan fingerprint density at radius 2 is 1.90 bits per heavy atom. The van der Waals surface area contributed by atoms with Gasteiger partial charge in [0.05, 0.1) is 0 Å². The minimum absolute atomic E-state index is 0.0564. The number of anilines is 3. The first-order valence-corrected chi connectivity index (χ1v) is 10.8. The van der Waals surface area contributed by atoms with Crippen LogP contribution in [0.25, 0.3) is 11.0 Å². The fourth-order valence-corrected chi connectivity index (χ4v) is 4.18. The molecular formula is C23H29N5O2. The van der Waals surface area contributed by atoms with Crippen LogP contribution in [0.5, 0.6) is 0 Å². The lowest BCUT2D eigenvalue weighted by Gasteiger charge is -2.33. The number of piperidine rings is 1. The highest BCUT2D eigenvalue weighted by Gasteiger charge is 2.19. The molecule has 7 heteroatoms. The van der Waals surface area contributed by atoms with Gasteiger partial charge in [0, 0.05) is 55.3 Å². The lowest BCUT2D eigenvalue weighted by atomic mass is 9.92. The van der Waals surface area contributed by atoms with Crippen molar-refractivity contribution in [2.75, 3.05) is 29.9 Å². The van der Waals surface area contributed by atoms with E-state index in [1.165, 1.54) is 18.5 Å². The molecule has 4 rings (SSSR count). The summed E-state index contributed by atoms with van der Waals surface area (Å²) in [6.45, 7) is 4.92. The monoisotopic (exact) mass is 407 g/mol. The van der Waals surface area contributed by atoms with E-state index in [1.54, 1.807) is 22.9 Å². The quantitative estimate of drug-likeness (QED) is 0.623.